The highest BCUT2D eigenvalue weighted by Gasteiger charge is 2.54. The third-order valence-electron chi connectivity index (χ3n) is 14.2. The average molecular weight is 1070 g/mol. The van der Waals surface area contributed by atoms with E-state index in [0.717, 1.165) is 6.42 Å². The average Bonchev–Trinajstić information content (AvgIpc) is 3.35. The van der Waals surface area contributed by atoms with E-state index in [1.807, 2.05) is 6.92 Å². The van der Waals surface area contributed by atoms with Gasteiger partial charge in [-0.25, -0.2) is 4.79 Å². The third-order valence-corrected chi connectivity index (χ3v) is 14.2. The lowest BCUT2D eigenvalue weighted by atomic mass is 9.80. The molecule has 0 spiro atoms. The van der Waals surface area contributed by atoms with Crippen molar-refractivity contribution in [2.45, 2.75) is 183 Å². The minimum Gasteiger partial charge on any atom is -0.422 e. The molecule has 4 aliphatic heterocycles. The van der Waals surface area contributed by atoms with Crippen LogP contribution < -0.4 is 21.6 Å². The first-order valence-corrected chi connectivity index (χ1v) is 25.4. The Kier molecular flexibility index (Phi) is 20.5. The summed E-state index contributed by atoms with van der Waals surface area (Å²) < 4.78 is 53.8. The van der Waals surface area contributed by atoms with Crippen LogP contribution in [0.1, 0.15) is 65.4 Å². The molecule has 20 atom stereocenters. The van der Waals surface area contributed by atoms with Gasteiger partial charge in [-0.1, -0.05) is 31.5 Å². The summed E-state index contributed by atoms with van der Waals surface area (Å²) in [5, 5.41) is 95.4. The van der Waals surface area contributed by atoms with Gasteiger partial charge in [-0.2, -0.15) is 0 Å². The van der Waals surface area contributed by atoms with Crippen LogP contribution in [0.4, 0.5) is 0 Å². The maximum atomic E-state index is 14.2. The van der Waals surface area contributed by atoms with Crippen LogP contribution in [0, 0.1) is 5.92 Å². The second-order valence-electron chi connectivity index (χ2n) is 19.7. The topological polar surface area (TPSA) is 374 Å². The number of fused-ring (bicyclic) bond motifs is 1. The Hall–Kier alpha value is -4.33. The fourth-order valence-corrected chi connectivity index (χ4v) is 10.0. The van der Waals surface area contributed by atoms with Gasteiger partial charge in [-0.05, 0) is 44.7 Å². The molecule has 75 heavy (non-hydrogen) atoms. The number of carbonyl (C=O) groups excluding carboxylic acids is 4. The predicted octanol–water partition coefficient (Wildman–Crippen LogP) is -3.87. The normalized spacial score (nSPS) is 36.5. The lowest BCUT2D eigenvalue weighted by molar-refractivity contribution is -0.335. The van der Waals surface area contributed by atoms with Gasteiger partial charge in [0.05, 0.1) is 50.2 Å². The molecule has 1 aromatic carbocycles. The molecular formula is C49H72N4O22. The van der Waals surface area contributed by atoms with Crippen LogP contribution in [-0.2, 0) is 63.7 Å². The number of hydrogen-bond acceptors (Lipinski definition) is 22. The molecule has 1 aromatic heterocycles. The summed E-state index contributed by atoms with van der Waals surface area (Å²) in [6, 6.07) is 5.85. The maximum absolute atomic E-state index is 14.2. The Morgan fingerprint density at radius 3 is 2.11 bits per heavy atom. The molecule has 1 saturated carbocycles. The monoisotopic (exact) mass is 1070 g/mol. The van der Waals surface area contributed by atoms with E-state index in [9.17, 15) is 64.8 Å². The Bertz CT molecular complexity index is 2290. The van der Waals surface area contributed by atoms with Gasteiger partial charge in [0.25, 0.3) is 5.91 Å². The van der Waals surface area contributed by atoms with Crippen molar-refractivity contribution in [3.8, 4) is 0 Å². The number of amides is 4. The van der Waals surface area contributed by atoms with Gasteiger partial charge in [0.2, 0.25) is 17.7 Å². The van der Waals surface area contributed by atoms with E-state index >= 15 is 0 Å². The molecular weight excluding hydrogens is 997 g/mol. The van der Waals surface area contributed by atoms with E-state index < -0.39 is 159 Å². The standard InChI is InChI=1S/C49H72N4O22/c1-5-9-30(45(65)53-13-8-14-53)70-42-34(52-24(4)57)47(73-32(19-54)36(42)59)72-31-18-26(17-28(51-23(3)56)41(31)75-49-39(62)38(61)35(58)22(2)69-49)44(64)50-12-15-67-48-40(63)43(37(60)33(20-55)74-48)68-21-27-16-25-10-6-7-11-29(25)71-46(27)66/h6-7,10-11,16,22,26,28,30-43,47-49,54-55,58-63H,5,8-9,12-15,17-21H2,1-4H3,(H,50,64)(H,51,56)(H,52,57)/t22?,26?,28?,30-,31+,32?,33?,34?,35+,36-,37+,38?,39?,40?,41?,42?,43?,47+,48-,49-/m0/s1. The molecule has 11 N–H and O–H groups in total. The van der Waals surface area contributed by atoms with Gasteiger partial charge in [0.1, 0.15) is 84.9 Å². The van der Waals surface area contributed by atoms with Crippen molar-refractivity contribution < 1.29 is 102 Å². The van der Waals surface area contributed by atoms with Crippen LogP contribution in [-0.4, -0.2) is 225 Å². The Labute approximate surface area is 431 Å². The van der Waals surface area contributed by atoms with E-state index in [-0.39, 0.29) is 50.5 Å². The lowest BCUT2D eigenvalue weighted by Crippen LogP contribution is -2.68. The van der Waals surface area contributed by atoms with Crippen LogP contribution in [0.25, 0.3) is 11.0 Å². The molecule has 420 valence electrons. The quantitative estimate of drug-likeness (QED) is 0.0421. The number of rotatable bonds is 21. The highest BCUT2D eigenvalue weighted by atomic mass is 16.7. The number of nitrogens with one attached hydrogen (secondary N) is 3. The van der Waals surface area contributed by atoms with Crippen LogP contribution in [0.3, 0.4) is 0 Å². The number of aliphatic hydroxyl groups is 8. The molecule has 5 fully saturated rings. The molecule has 0 bridgehead atoms. The molecule has 12 unspecified atom stereocenters. The van der Waals surface area contributed by atoms with Gasteiger partial charge in [-0.15, -0.1) is 0 Å². The number of benzene rings is 1. The molecule has 26 heteroatoms. The zero-order valence-electron chi connectivity index (χ0n) is 42.2. The summed E-state index contributed by atoms with van der Waals surface area (Å²) in [6.07, 6.45) is -23.8. The first kappa shape index (κ1) is 58.4. The molecule has 26 nitrogen and oxygen atoms in total. The highest BCUT2D eigenvalue weighted by molar-refractivity contribution is 5.82. The summed E-state index contributed by atoms with van der Waals surface area (Å²) in [5.41, 5.74) is -0.250. The number of ether oxygens (including phenoxy) is 8. The zero-order valence-corrected chi connectivity index (χ0v) is 42.2. The SMILES string of the molecule is CCC[C@H](OC1C(NC(C)=O)[C@H](O[C@@H]2CC(C(=O)NCCO[C@H]3OC(CO)[C@@H](O)C(OCc4cc5ccccc5oc4=O)C3O)CC(NC(C)=O)C2O[C@@H]2OC(C)[C@@H](O)C(O)C2O)OC(CO)[C@@H]1O)C(=O)N1CCC1. The first-order valence-electron chi connectivity index (χ1n) is 25.4. The summed E-state index contributed by atoms with van der Waals surface area (Å²) in [5.74, 6) is -3.16. The Balaban J connectivity index is 1.09. The number of para-hydroxylation sites is 1. The molecule has 1 aliphatic carbocycles. The highest BCUT2D eigenvalue weighted by Crippen LogP contribution is 2.37. The second-order valence-corrected chi connectivity index (χ2v) is 19.7. The number of aliphatic hydroxyl groups excluding tert-OH is 8. The molecule has 4 saturated heterocycles. The smallest absolute Gasteiger partial charge is 0.341 e. The minimum absolute atomic E-state index is 0.0961. The summed E-state index contributed by atoms with van der Waals surface area (Å²) in [7, 11) is 0. The summed E-state index contributed by atoms with van der Waals surface area (Å²) in [6.45, 7) is 4.30. The van der Waals surface area contributed by atoms with Crippen LogP contribution in [0.15, 0.2) is 39.5 Å². The molecule has 7 rings (SSSR count). The Morgan fingerprint density at radius 1 is 0.773 bits per heavy atom. The molecule has 5 heterocycles. The first-order chi connectivity index (χ1) is 35.8. The number of hydrogen-bond donors (Lipinski definition) is 11. The number of nitrogens with zero attached hydrogens (tertiary/aromatic N) is 1. The lowest BCUT2D eigenvalue weighted by Gasteiger charge is -2.49. The summed E-state index contributed by atoms with van der Waals surface area (Å²) >= 11 is 0. The zero-order chi connectivity index (χ0) is 54.2. The van der Waals surface area contributed by atoms with Crippen molar-refractivity contribution in [3.05, 3.63) is 46.3 Å². The van der Waals surface area contributed by atoms with E-state index in [1.54, 1.807) is 35.2 Å². The van der Waals surface area contributed by atoms with Crippen LogP contribution in [0.5, 0.6) is 0 Å². The Morgan fingerprint density at radius 2 is 1.45 bits per heavy atom. The van der Waals surface area contributed by atoms with Crippen LogP contribution >= 0.6 is 0 Å². The van der Waals surface area contributed by atoms with Crippen molar-refractivity contribution in [1.29, 1.82) is 0 Å². The van der Waals surface area contributed by atoms with Gasteiger partial charge < -0.3 is 104 Å². The van der Waals surface area contributed by atoms with E-state index in [4.69, 9.17) is 42.3 Å². The largest absolute Gasteiger partial charge is 0.422 e. The summed E-state index contributed by atoms with van der Waals surface area (Å²) in [4.78, 5) is 67.8. The predicted molar refractivity (Wildman–Crippen MR) is 254 cm³/mol. The van der Waals surface area contributed by atoms with E-state index in [2.05, 4.69) is 16.0 Å². The fraction of sp³-hybridized carbons (Fsp3) is 0.735. The van der Waals surface area contributed by atoms with Gasteiger partial charge in [-0.3, -0.25) is 19.2 Å². The van der Waals surface area contributed by atoms with Crippen molar-refractivity contribution in [3.63, 3.8) is 0 Å². The van der Waals surface area contributed by atoms with Gasteiger partial charge >= 0.3 is 5.63 Å². The molecule has 2 aromatic rings. The minimum atomic E-state index is -1.82. The van der Waals surface area contributed by atoms with Crippen LogP contribution in [0.2, 0.25) is 0 Å². The maximum Gasteiger partial charge on any atom is 0.341 e. The van der Waals surface area contributed by atoms with Gasteiger partial charge in [0, 0.05) is 44.8 Å². The van der Waals surface area contributed by atoms with Gasteiger partial charge in [0.15, 0.2) is 18.9 Å². The third kappa shape index (κ3) is 13.9. The van der Waals surface area contributed by atoms with Crippen molar-refractivity contribution in [2.75, 3.05) is 39.5 Å². The fourth-order valence-electron chi connectivity index (χ4n) is 10.0. The van der Waals surface area contributed by atoms with Crippen molar-refractivity contribution in [2.24, 2.45) is 5.92 Å². The number of likely N-dealkylation sites (tertiary alicyclic amines) is 1. The second kappa shape index (κ2) is 26.3. The van der Waals surface area contributed by atoms with Crippen molar-refractivity contribution >= 4 is 34.6 Å². The molecule has 0 radical (unpaired) electrons. The van der Waals surface area contributed by atoms with E-state index in [1.165, 1.54) is 20.8 Å². The van der Waals surface area contributed by atoms with E-state index in [0.29, 0.717) is 30.5 Å². The van der Waals surface area contributed by atoms with Crippen molar-refractivity contribution in [1.82, 2.24) is 20.9 Å². The molecule has 4 amide bonds. The number of carbonyl (C=O) groups is 4. The molecule has 5 aliphatic rings.